The van der Waals surface area contributed by atoms with Crippen molar-refractivity contribution in [2.45, 2.75) is 37.6 Å². The molecule has 134 valence electrons. The summed E-state index contributed by atoms with van der Waals surface area (Å²) in [6.07, 6.45) is 7.94. The molecule has 1 amide bonds. The van der Waals surface area contributed by atoms with Gasteiger partial charge in [0.2, 0.25) is 0 Å². The minimum Gasteiger partial charge on any atom is -0.381 e. The van der Waals surface area contributed by atoms with Crippen LogP contribution in [-0.2, 0) is 4.74 Å². The van der Waals surface area contributed by atoms with Gasteiger partial charge in [0.1, 0.15) is 5.56 Å². The first-order valence-electron chi connectivity index (χ1n) is 9.14. The summed E-state index contributed by atoms with van der Waals surface area (Å²) in [5, 5.41) is 7.09. The van der Waals surface area contributed by atoms with Gasteiger partial charge in [-0.3, -0.25) is 4.79 Å². The van der Waals surface area contributed by atoms with E-state index in [9.17, 15) is 4.79 Å². The van der Waals surface area contributed by atoms with E-state index in [4.69, 9.17) is 4.74 Å². The topological polar surface area (TPSA) is 71.8 Å². The first-order chi connectivity index (χ1) is 12.3. The third-order valence-electron chi connectivity index (χ3n) is 5.56. The molecule has 0 aliphatic carbocycles. The van der Waals surface area contributed by atoms with Crippen LogP contribution in [0.4, 0.5) is 0 Å². The maximum Gasteiger partial charge on any atom is 0.256 e. The number of piperidine rings is 1. The van der Waals surface area contributed by atoms with Gasteiger partial charge in [0.25, 0.3) is 5.91 Å². The highest BCUT2D eigenvalue weighted by molar-refractivity contribution is 5.99. The van der Waals surface area contributed by atoms with Crippen LogP contribution in [0.1, 0.15) is 47.7 Å². The first kappa shape index (κ1) is 16.5. The molecule has 2 aromatic rings. The summed E-state index contributed by atoms with van der Waals surface area (Å²) in [6.45, 7) is 4.02. The lowest BCUT2D eigenvalue weighted by molar-refractivity contribution is 0.0249. The van der Waals surface area contributed by atoms with Crippen LogP contribution in [0.5, 0.6) is 0 Å². The second kappa shape index (κ2) is 7.09. The molecule has 0 spiro atoms. The zero-order valence-corrected chi connectivity index (χ0v) is 14.6. The average molecular weight is 343 g/mol. The molecule has 0 aromatic carbocycles. The largest absolute Gasteiger partial charge is 0.381 e. The van der Waals surface area contributed by atoms with E-state index in [2.05, 4.69) is 20.3 Å². The number of hydrogen-bond donors (Lipinski definition) is 1. The van der Waals surface area contributed by atoms with Crippen molar-refractivity contribution >= 4 is 11.6 Å². The van der Waals surface area contributed by atoms with Gasteiger partial charge in [-0.25, -0.2) is 9.50 Å². The number of fused-ring (bicyclic) bond motifs is 1. The number of carbonyl (C=O) groups is 1. The van der Waals surface area contributed by atoms with Crippen LogP contribution < -0.4 is 5.32 Å². The molecule has 0 radical (unpaired) electrons. The van der Waals surface area contributed by atoms with E-state index in [1.54, 1.807) is 19.4 Å². The van der Waals surface area contributed by atoms with Gasteiger partial charge in [-0.2, -0.15) is 5.10 Å². The van der Waals surface area contributed by atoms with Crippen LogP contribution in [0.3, 0.4) is 0 Å². The highest BCUT2D eigenvalue weighted by Gasteiger charge is 2.28. The number of hydrogen-bond acceptors (Lipinski definition) is 5. The molecule has 2 aromatic heterocycles. The first-order valence-corrected chi connectivity index (χ1v) is 9.14. The van der Waals surface area contributed by atoms with Crippen LogP contribution in [0.25, 0.3) is 5.65 Å². The van der Waals surface area contributed by atoms with Crippen molar-refractivity contribution in [2.24, 2.45) is 0 Å². The van der Waals surface area contributed by atoms with Crippen LogP contribution in [0.2, 0.25) is 0 Å². The van der Waals surface area contributed by atoms with Crippen molar-refractivity contribution in [1.29, 1.82) is 0 Å². The van der Waals surface area contributed by atoms with E-state index in [1.807, 2.05) is 10.6 Å². The summed E-state index contributed by atoms with van der Waals surface area (Å²) in [5.74, 6) is 0.313. The van der Waals surface area contributed by atoms with Crippen molar-refractivity contribution in [3.63, 3.8) is 0 Å². The number of carbonyl (C=O) groups excluding carboxylic acids is 1. The van der Waals surface area contributed by atoms with Crippen molar-refractivity contribution in [2.75, 3.05) is 33.4 Å². The molecule has 0 bridgehead atoms. The fourth-order valence-electron chi connectivity index (χ4n) is 4.12. The van der Waals surface area contributed by atoms with E-state index < -0.39 is 0 Å². The molecule has 4 heterocycles. The molecular formula is C18H25N5O2. The lowest BCUT2D eigenvalue weighted by Crippen LogP contribution is -2.43. The monoisotopic (exact) mass is 343 g/mol. The predicted molar refractivity (Wildman–Crippen MR) is 93.8 cm³/mol. The maximum absolute atomic E-state index is 12.0. The average Bonchev–Trinajstić information content (AvgIpc) is 3.12. The number of nitrogens with one attached hydrogen (secondary N) is 1. The molecule has 25 heavy (non-hydrogen) atoms. The fraction of sp³-hybridized carbons (Fsp3) is 0.611. The van der Waals surface area contributed by atoms with Gasteiger partial charge in [-0.15, -0.1) is 0 Å². The Hall–Kier alpha value is -1.99. The normalized spacial score (nSPS) is 20.8. The molecular weight excluding hydrogens is 318 g/mol. The lowest BCUT2D eigenvalue weighted by Gasteiger charge is -2.39. The van der Waals surface area contributed by atoms with E-state index >= 15 is 0 Å². The van der Waals surface area contributed by atoms with Crippen molar-refractivity contribution in [3.8, 4) is 0 Å². The Labute approximate surface area is 147 Å². The molecule has 2 fully saturated rings. The van der Waals surface area contributed by atoms with Crippen LogP contribution in [0.15, 0.2) is 18.5 Å². The van der Waals surface area contributed by atoms with Crippen LogP contribution >= 0.6 is 0 Å². The Morgan fingerprint density at radius 2 is 2.00 bits per heavy atom. The summed E-state index contributed by atoms with van der Waals surface area (Å²) >= 11 is 0. The van der Waals surface area contributed by atoms with Crippen molar-refractivity contribution in [1.82, 2.24) is 24.8 Å². The van der Waals surface area contributed by atoms with Gasteiger partial charge < -0.3 is 15.0 Å². The van der Waals surface area contributed by atoms with E-state index in [-0.39, 0.29) is 5.91 Å². The maximum atomic E-state index is 12.0. The highest BCUT2D eigenvalue weighted by atomic mass is 16.5. The third-order valence-corrected chi connectivity index (χ3v) is 5.56. The Balaban J connectivity index is 1.51. The molecule has 0 unspecified atom stereocenters. The Morgan fingerprint density at radius 1 is 1.24 bits per heavy atom. The summed E-state index contributed by atoms with van der Waals surface area (Å²) in [5.41, 5.74) is 2.33. The van der Waals surface area contributed by atoms with E-state index in [1.165, 1.54) is 0 Å². The molecule has 1 N–H and O–H groups in total. The second-order valence-electron chi connectivity index (χ2n) is 6.90. The lowest BCUT2D eigenvalue weighted by atomic mass is 9.91. The molecule has 0 saturated carbocycles. The van der Waals surface area contributed by atoms with Crippen LogP contribution in [0, 0.1) is 0 Å². The van der Waals surface area contributed by atoms with Gasteiger partial charge >= 0.3 is 0 Å². The third kappa shape index (κ3) is 3.14. The Kier molecular flexibility index (Phi) is 4.67. The minimum atomic E-state index is -0.144. The second-order valence-corrected chi connectivity index (χ2v) is 6.90. The quantitative estimate of drug-likeness (QED) is 0.913. The number of nitrogens with zero attached hydrogens (tertiary/aromatic N) is 4. The molecule has 2 aliphatic rings. The van der Waals surface area contributed by atoms with Crippen LogP contribution in [-0.4, -0.2) is 64.8 Å². The molecule has 7 heteroatoms. The number of likely N-dealkylation sites (tertiary alicyclic amines) is 1. The molecule has 4 rings (SSSR count). The van der Waals surface area contributed by atoms with Gasteiger partial charge in [-0.05, 0) is 44.8 Å². The number of rotatable bonds is 3. The zero-order chi connectivity index (χ0) is 17.2. The minimum absolute atomic E-state index is 0.144. The zero-order valence-electron chi connectivity index (χ0n) is 14.6. The summed E-state index contributed by atoms with van der Waals surface area (Å²) in [6, 6.07) is 2.72. The smallest absolute Gasteiger partial charge is 0.256 e. The molecule has 2 aliphatic heterocycles. The summed E-state index contributed by atoms with van der Waals surface area (Å²) < 4.78 is 7.33. The number of aromatic nitrogens is 3. The number of ether oxygens (including phenoxy) is 1. The van der Waals surface area contributed by atoms with Crippen molar-refractivity contribution in [3.05, 3.63) is 29.7 Å². The van der Waals surface area contributed by atoms with E-state index in [0.717, 1.165) is 57.7 Å². The molecule has 0 atom stereocenters. The molecule has 7 nitrogen and oxygen atoms in total. The Morgan fingerprint density at radius 3 is 2.72 bits per heavy atom. The van der Waals surface area contributed by atoms with E-state index in [0.29, 0.717) is 23.2 Å². The van der Waals surface area contributed by atoms with Gasteiger partial charge in [0, 0.05) is 44.1 Å². The van der Waals surface area contributed by atoms with Gasteiger partial charge in [0.15, 0.2) is 5.65 Å². The SMILES string of the molecule is CNC(=O)c1cnn2c(C3CCN(C4CCOCC4)CC3)ccnc12. The highest BCUT2D eigenvalue weighted by Crippen LogP contribution is 2.30. The van der Waals surface area contributed by atoms with Crippen molar-refractivity contribution < 1.29 is 9.53 Å². The Bertz CT molecular complexity index is 745. The standard InChI is InChI=1S/C18H25N5O2/c1-19-18(24)15-12-21-23-16(2-7-20-17(15)23)13-3-8-22(9-4-13)14-5-10-25-11-6-14/h2,7,12-14H,3-6,8-11H2,1H3,(H,19,24). The van der Waals surface area contributed by atoms with Gasteiger partial charge in [-0.1, -0.05) is 0 Å². The fourth-order valence-corrected chi connectivity index (χ4v) is 4.12. The summed E-state index contributed by atoms with van der Waals surface area (Å²) in [4.78, 5) is 19.0. The predicted octanol–water partition coefficient (Wildman–Crippen LogP) is 1.45. The van der Waals surface area contributed by atoms with Gasteiger partial charge in [0.05, 0.1) is 6.20 Å². The molecule has 2 saturated heterocycles. The summed E-state index contributed by atoms with van der Waals surface area (Å²) in [7, 11) is 1.63. The number of amides is 1.